The molecule has 0 aliphatic carbocycles. The minimum atomic E-state index is -0.953. The van der Waals surface area contributed by atoms with Crippen LogP contribution in [0.2, 0.25) is 5.02 Å². The molecule has 0 bridgehead atoms. The summed E-state index contributed by atoms with van der Waals surface area (Å²) in [5.74, 6) is -2.57. The largest absolute Gasteiger partial charge is 0.325 e. The van der Waals surface area contributed by atoms with Gasteiger partial charge in [-0.3, -0.25) is 9.59 Å². The Bertz CT molecular complexity index is 789. The molecule has 2 aromatic carbocycles. The van der Waals surface area contributed by atoms with E-state index in [9.17, 15) is 18.4 Å². The summed E-state index contributed by atoms with van der Waals surface area (Å²) in [5, 5.41) is 2.71. The number of fused-ring (bicyclic) bond motifs is 1. The fourth-order valence-corrected chi connectivity index (χ4v) is 2.49. The number of carbonyl (C=O) groups is 2. The quantitative estimate of drug-likeness (QED) is 0.865. The van der Waals surface area contributed by atoms with Crippen molar-refractivity contribution in [2.75, 3.05) is 5.32 Å². The molecule has 106 valence electrons. The second-order valence-electron chi connectivity index (χ2n) is 4.67. The first-order valence-electron chi connectivity index (χ1n) is 6.08. The molecule has 0 saturated carbocycles. The Morgan fingerprint density at radius 3 is 2.62 bits per heavy atom. The third-order valence-electron chi connectivity index (χ3n) is 3.24. The highest BCUT2D eigenvalue weighted by Gasteiger charge is 2.23. The van der Waals surface area contributed by atoms with Crippen LogP contribution >= 0.6 is 11.6 Å². The zero-order chi connectivity index (χ0) is 15.1. The molecule has 0 spiro atoms. The third-order valence-corrected chi connectivity index (χ3v) is 3.55. The van der Waals surface area contributed by atoms with Crippen molar-refractivity contribution < 1.29 is 18.4 Å². The maximum atomic E-state index is 13.7. The molecule has 3 rings (SSSR count). The Morgan fingerprint density at radius 1 is 1.14 bits per heavy atom. The van der Waals surface area contributed by atoms with Crippen LogP contribution in [0.25, 0.3) is 0 Å². The number of rotatable bonds is 2. The second-order valence-corrected chi connectivity index (χ2v) is 5.07. The summed E-state index contributed by atoms with van der Waals surface area (Å²) in [6.45, 7) is 0. The summed E-state index contributed by atoms with van der Waals surface area (Å²) >= 11 is 6.02. The zero-order valence-electron chi connectivity index (χ0n) is 10.5. The van der Waals surface area contributed by atoms with Crippen LogP contribution < -0.4 is 5.32 Å². The minimum absolute atomic E-state index is 0.0809. The molecule has 0 aromatic heterocycles. The number of amides is 1. The highest BCUT2D eigenvalue weighted by molar-refractivity contribution is 6.35. The maximum absolute atomic E-state index is 13.7. The molecule has 1 heterocycles. The minimum Gasteiger partial charge on any atom is -0.325 e. The summed E-state index contributed by atoms with van der Waals surface area (Å²) in [6, 6.07) is 5.62. The number of nitrogens with one attached hydrogen (secondary N) is 1. The highest BCUT2D eigenvalue weighted by Crippen LogP contribution is 2.31. The van der Waals surface area contributed by atoms with Crippen molar-refractivity contribution in [1.82, 2.24) is 0 Å². The van der Waals surface area contributed by atoms with Gasteiger partial charge in [0.05, 0.1) is 17.0 Å². The smallest absolute Gasteiger partial charge is 0.228 e. The lowest BCUT2D eigenvalue weighted by Gasteiger charge is -2.07. The molecular weight excluding hydrogens is 300 g/mol. The molecule has 0 saturated heterocycles. The molecule has 1 aliphatic heterocycles. The second kappa shape index (κ2) is 4.93. The van der Waals surface area contributed by atoms with Gasteiger partial charge in [0, 0.05) is 17.3 Å². The van der Waals surface area contributed by atoms with E-state index in [2.05, 4.69) is 5.32 Å². The molecule has 1 N–H and O–H groups in total. The molecule has 21 heavy (non-hydrogen) atoms. The van der Waals surface area contributed by atoms with Gasteiger partial charge in [0.15, 0.2) is 5.78 Å². The van der Waals surface area contributed by atoms with E-state index >= 15 is 0 Å². The summed E-state index contributed by atoms with van der Waals surface area (Å²) in [4.78, 5) is 23.6. The fourth-order valence-electron chi connectivity index (χ4n) is 2.24. The van der Waals surface area contributed by atoms with E-state index in [-0.39, 0.29) is 28.5 Å². The first-order valence-corrected chi connectivity index (χ1v) is 6.45. The molecule has 1 aliphatic rings. The van der Waals surface area contributed by atoms with Gasteiger partial charge in [-0.15, -0.1) is 0 Å². The van der Waals surface area contributed by atoms with Gasteiger partial charge in [0.1, 0.15) is 11.6 Å². The van der Waals surface area contributed by atoms with Crippen LogP contribution in [0.1, 0.15) is 21.5 Å². The first kappa shape index (κ1) is 13.7. The van der Waals surface area contributed by atoms with Gasteiger partial charge in [-0.2, -0.15) is 0 Å². The van der Waals surface area contributed by atoms with Crippen molar-refractivity contribution in [2.24, 2.45) is 0 Å². The van der Waals surface area contributed by atoms with Crippen LogP contribution in [-0.4, -0.2) is 11.7 Å². The van der Waals surface area contributed by atoms with Gasteiger partial charge < -0.3 is 5.32 Å². The summed E-state index contributed by atoms with van der Waals surface area (Å²) < 4.78 is 26.6. The lowest BCUT2D eigenvalue weighted by atomic mass is 9.99. The van der Waals surface area contributed by atoms with Gasteiger partial charge >= 0.3 is 0 Å². The summed E-state index contributed by atoms with van der Waals surface area (Å²) in [5.41, 5.74) is 0.976. The fraction of sp³-hybridized carbons (Fsp3) is 0.0667. The molecule has 1 amide bonds. The van der Waals surface area contributed by atoms with E-state index in [0.717, 1.165) is 12.1 Å². The molecule has 3 nitrogen and oxygen atoms in total. The Balaban J connectivity index is 2.06. The molecule has 0 atom stereocenters. The van der Waals surface area contributed by atoms with Gasteiger partial charge in [0.2, 0.25) is 5.91 Å². The van der Waals surface area contributed by atoms with Crippen LogP contribution in [0, 0.1) is 11.6 Å². The molecule has 0 unspecified atom stereocenters. The Kier molecular flexibility index (Phi) is 3.22. The van der Waals surface area contributed by atoms with Crippen molar-refractivity contribution in [3.8, 4) is 0 Å². The van der Waals surface area contributed by atoms with Crippen molar-refractivity contribution >= 4 is 29.0 Å². The third kappa shape index (κ3) is 2.40. The zero-order valence-corrected chi connectivity index (χ0v) is 11.3. The Labute approximate surface area is 123 Å². The van der Waals surface area contributed by atoms with Gasteiger partial charge in [-0.05, 0) is 29.8 Å². The molecular formula is C15H8ClF2NO2. The van der Waals surface area contributed by atoms with Crippen molar-refractivity contribution in [2.45, 2.75) is 6.42 Å². The monoisotopic (exact) mass is 307 g/mol. The predicted molar refractivity (Wildman–Crippen MR) is 73.6 cm³/mol. The van der Waals surface area contributed by atoms with E-state index in [0.29, 0.717) is 17.3 Å². The van der Waals surface area contributed by atoms with Gasteiger partial charge in [0.25, 0.3) is 0 Å². The number of halogens is 3. The van der Waals surface area contributed by atoms with Crippen molar-refractivity contribution in [3.05, 3.63) is 63.7 Å². The first-order chi connectivity index (χ1) is 9.95. The molecule has 0 fully saturated rings. The molecule has 2 aromatic rings. The summed E-state index contributed by atoms with van der Waals surface area (Å²) in [7, 11) is 0. The van der Waals surface area contributed by atoms with Crippen molar-refractivity contribution in [3.63, 3.8) is 0 Å². The maximum Gasteiger partial charge on any atom is 0.228 e. The van der Waals surface area contributed by atoms with Gasteiger partial charge in [-0.25, -0.2) is 8.78 Å². The summed E-state index contributed by atoms with van der Waals surface area (Å²) in [6.07, 6.45) is 0.138. The van der Waals surface area contributed by atoms with Crippen LogP contribution in [0.4, 0.5) is 14.5 Å². The Morgan fingerprint density at radius 2 is 1.90 bits per heavy atom. The number of carbonyl (C=O) groups excluding carboxylic acids is 2. The molecule has 6 heteroatoms. The topological polar surface area (TPSA) is 46.2 Å². The number of ketones is 1. The van der Waals surface area contributed by atoms with Crippen LogP contribution in [0.5, 0.6) is 0 Å². The standard InChI is InChI=1S/C15H8ClF2NO2/c16-11-6-13-7(4-14(20)19-13)3-10(11)15(21)9-2-1-8(17)5-12(9)18/h1-3,5-6H,4H2,(H,19,20). The van der Waals surface area contributed by atoms with Crippen molar-refractivity contribution in [1.29, 1.82) is 0 Å². The van der Waals surface area contributed by atoms with Crippen LogP contribution in [-0.2, 0) is 11.2 Å². The van der Waals surface area contributed by atoms with Crippen LogP contribution in [0.3, 0.4) is 0 Å². The number of hydrogen-bond donors (Lipinski definition) is 1. The molecule has 0 radical (unpaired) electrons. The van der Waals surface area contributed by atoms with E-state index in [1.807, 2.05) is 0 Å². The lowest BCUT2D eigenvalue weighted by molar-refractivity contribution is -0.115. The number of hydrogen-bond acceptors (Lipinski definition) is 2. The van der Waals surface area contributed by atoms with E-state index in [1.165, 1.54) is 12.1 Å². The average Bonchev–Trinajstić information content (AvgIpc) is 2.76. The van der Waals surface area contributed by atoms with Crippen LogP contribution in [0.15, 0.2) is 30.3 Å². The number of anilines is 1. The normalized spacial score (nSPS) is 13.0. The average molecular weight is 308 g/mol. The highest BCUT2D eigenvalue weighted by atomic mass is 35.5. The number of benzene rings is 2. The predicted octanol–water partition coefficient (Wildman–Crippen LogP) is 3.34. The Hall–Kier alpha value is -2.27. The lowest BCUT2D eigenvalue weighted by Crippen LogP contribution is -2.06. The van der Waals surface area contributed by atoms with E-state index in [4.69, 9.17) is 11.6 Å². The van der Waals surface area contributed by atoms with E-state index in [1.54, 1.807) is 0 Å². The SMILES string of the molecule is O=C1Cc2cc(C(=O)c3ccc(F)cc3F)c(Cl)cc2N1. The van der Waals surface area contributed by atoms with E-state index < -0.39 is 17.4 Å². The van der Waals surface area contributed by atoms with Gasteiger partial charge in [-0.1, -0.05) is 11.6 Å².